The molecule has 0 aliphatic carbocycles. The molecule has 1 aromatic carbocycles. The SMILES string of the molecule is CC(CCO)CNc1nc2ccc([N+](=O)[O-])cc2[nH]1. The number of aliphatic hydroxyl groups excluding tert-OH is 1. The van der Waals surface area contributed by atoms with Crippen molar-refractivity contribution in [1.82, 2.24) is 9.97 Å². The lowest BCUT2D eigenvalue weighted by Gasteiger charge is -2.09. The quantitative estimate of drug-likeness (QED) is 0.546. The predicted octanol–water partition coefficient (Wildman–Crippen LogP) is 1.90. The fourth-order valence-electron chi connectivity index (χ4n) is 1.79. The van der Waals surface area contributed by atoms with Crippen molar-refractivity contribution >= 4 is 22.7 Å². The number of aromatic nitrogens is 2. The van der Waals surface area contributed by atoms with Crippen LogP contribution in [-0.4, -0.2) is 33.1 Å². The number of rotatable bonds is 6. The van der Waals surface area contributed by atoms with Crippen molar-refractivity contribution in [2.45, 2.75) is 13.3 Å². The number of non-ortho nitro benzene ring substituents is 1. The summed E-state index contributed by atoms with van der Waals surface area (Å²) in [5.41, 5.74) is 1.35. The van der Waals surface area contributed by atoms with E-state index in [0.717, 1.165) is 6.42 Å². The summed E-state index contributed by atoms with van der Waals surface area (Å²) in [6.07, 6.45) is 0.721. The first-order valence-corrected chi connectivity index (χ1v) is 6.09. The number of nitro benzene ring substituents is 1. The van der Waals surface area contributed by atoms with E-state index in [9.17, 15) is 10.1 Å². The molecule has 2 aromatic rings. The van der Waals surface area contributed by atoms with Crippen LogP contribution in [0.4, 0.5) is 11.6 Å². The number of hydrogen-bond donors (Lipinski definition) is 3. The van der Waals surface area contributed by atoms with Gasteiger partial charge in [-0.15, -0.1) is 0 Å². The van der Waals surface area contributed by atoms with Gasteiger partial charge in [0.2, 0.25) is 5.95 Å². The number of nitrogens with zero attached hydrogens (tertiary/aromatic N) is 2. The lowest BCUT2D eigenvalue weighted by atomic mass is 10.1. The van der Waals surface area contributed by atoms with Gasteiger partial charge in [-0.25, -0.2) is 4.98 Å². The van der Waals surface area contributed by atoms with Crippen LogP contribution >= 0.6 is 0 Å². The van der Waals surface area contributed by atoms with Crippen LogP contribution in [0, 0.1) is 16.0 Å². The van der Waals surface area contributed by atoms with Gasteiger partial charge in [0.25, 0.3) is 5.69 Å². The highest BCUT2D eigenvalue weighted by molar-refractivity contribution is 5.79. The molecule has 1 atom stereocenters. The Kier molecular flexibility index (Phi) is 3.96. The zero-order chi connectivity index (χ0) is 13.8. The van der Waals surface area contributed by atoms with E-state index in [4.69, 9.17) is 5.11 Å². The summed E-state index contributed by atoms with van der Waals surface area (Å²) in [5.74, 6) is 0.910. The number of fused-ring (bicyclic) bond motifs is 1. The summed E-state index contributed by atoms with van der Waals surface area (Å²) in [6, 6.07) is 4.51. The Hall–Kier alpha value is -2.15. The number of H-pyrrole nitrogens is 1. The normalized spacial score (nSPS) is 12.5. The number of aromatic amines is 1. The molecule has 0 radical (unpaired) electrons. The minimum absolute atomic E-state index is 0.0383. The molecule has 0 spiro atoms. The number of aliphatic hydroxyl groups is 1. The third kappa shape index (κ3) is 3.19. The van der Waals surface area contributed by atoms with Gasteiger partial charge in [-0.1, -0.05) is 6.92 Å². The number of hydrogen-bond acceptors (Lipinski definition) is 5. The number of nitro groups is 1. The second-order valence-electron chi connectivity index (χ2n) is 4.54. The Balaban J connectivity index is 2.11. The van der Waals surface area contributed by atoms with Crippen molar-refractivity contribution in [3.05, 3.63) is 28.3 Å². The molecule has 3 N–H and O–H groups in total. The molecule has 0 aliphatic heterocycles. The van der Waals surface area contributed by atoms with Gasteiger partial charge < -0.3 is 15.4 Å². The van der Waals surface area contributed by atoms with Crippen LogP contribution in [0.2, 0.25) is 0 Å². The Morgan fingerprint density at radius 3 is 3.05 bits per heavy atom. The average molecular weight is 264 g/mol. The van der Waals surface area contributed by atoms with Crippen molar-refractivity contribution in [1.29, 1.82) is 0 Å². The van der Waals surface area contributed by atoms with E-state index in [0.29, 0.717) is 29.4 Å². The zero-order valence-electron chi connectivity index (χ0n) is 10.6. The van der Waals surface area contributed by atoms with E-state index in [1.165, 1.54) is 12.1 Å². The van der Waals surface area contributed by atoms with Gasteiger partial charge in [-0.05, 0) is 18.4 Å². The molecule has 0 fully saturated rings. The van der Waals surface area contributed by atoms with Gasteiger partial charge in [-0.2, -0.15) is 0 Å². The van der Waals surface area contributed by atoms with E-state index < -0.39 is 4.92 Å². The minimum atomic E-state index is -0.434. The van der Waals surface area contributed by atoms with Crippen LogP contribution in [0.25, 0.3) is 11.0 Å². The van der Waals surface area contributed by atoms with E-state index in [1.54, 1.807) is 6.07 Å². The third-order valence-electron chi connectivity index (χ3n) is 2.92. The van der Waals surface area contributed by atoms with Crippen molar-refractivity contribution in [3.8, 4) is 0 Å². The summed E-state index contributed by atoms with van der Waals surface area (Å²) in [7, 11) is 0. The predicted molar refractivity (Wildman–Crippen MR) is 72.1 cm³/mol. The van der Waals surface area contributed by atoms with E-state index in [2.05, 4.69) is 15.3 Å². The molecular formula is C12H16N4O3. The monoisotopic (exact) mass is 264 g/mol. The van der Waals surface area contributed by atoms with Gasteiger partial charge in [0, 0.05) is 25.3 Å². The third-order valence-corrected chi connectivity index (χ3v) is 2.92. The highest BCUT2D eigenvalue weighted by Crippen LogP contribution is 2.20. The van der Waals surface area contributed by atoms with Crippen LogP contribution < -0.4 is 5.32 Å². The molecule has 0 saturated carbocycles. The lowest BCUT2D eigenvalue weighted by Crippen LogP contribution is -2.13. The largest absolute Gasteiger partial charge is 0.396 e. The maximum Gasteiger partial charge on any atom is 0.271 e. The summed E-state index contributed by atoms with van der Waals surface area (Å²) < 4.78 is 0. The molecule has 1 unspecified atom stereocenters. The maximum absolute atomic E-state index is 10.7. The summed E-state index contributed by atoms with van der Waals surface area (Å²) >= 11 is 0. The smallest absolute Gasteiger partial charge is 0.271 e. The summed E-state index contributed by atoms with van der Waals surface area (Å²) in [6.45, 7) is 2.87. The van der Waals surface area contributed by atoms with Crippen LogP contribution in [-0.2, 0) is 0 Å². The fourth-order valence-corrected chi connectivity index (χ4v) is 1.79. The van der Waals surface area contributed by atoms with E-state index in [1.807, 2.05) is 6.92 Å². The van der Waals surface area contributed by atoms with Gasteiger partial charge in [0.15, 0.2) is 0 Å². The molecule has 7 nitrogen and oxygen atoms in total. The molecule has 2 rings (SSSR count). The Bertz CT molecular complexity index is 581. The minimum Gasteiger partial charge on any atom is -0.396 e. The highest BCUT2D eigenvalue weighted by Gasteiger charge is 2.10. The van der Waals surface area contributed by atoms with Gasteiger partial charge >= 0.3 is 0 Å². The fraction of sp³-hybridized carbons (Fsp3) is 0.417. The number of benzene rings is 1. The second-order valence-corrected chi connectivity index (χ2v) is 4.54. The molecule has 0 aliphatic rings. The maximum atomic E-state index is 10.7. The molecular weight excluding hydrogens is 248 g/mol. The molecule has 7 heteroatoms. The van der Waals surface area contributed by atoms with Crippen molar-refractivity contribution in [3.63, 3.8) is 0 Å². The van der Waals surface area contributed by atoms with Crippen LogP contribution in [0.3, 0.4) is 0 Å². The van der Waals surface area contributed by atoms with Crippen LogP contribution in [0.5, 0.6) is 0 Å². The standard InChI is InChI=1S/C12H16N4O3/c1-8(4-5-17)7-13-12-14-10-3-2-9(16(18)19)6-11(10)15-12/h2-3,6,8,17H,4-5,7H2,1H3,(H2,13,14,15). The van der Waals surface area contributed by atoms with Gasteiger partial charge in [-0.3, -0.25) is 10.1 Å². The molecule has 1 aromatic heterocycles. The molecule has 0 amide bonds. The summed E-state index contributed by atoms with van der Waals surface area (Å²) in [5, 5.41) is 22.6. The average Bonchev–Trinajstić information content (AvgIpc) is 2.78. The van der Waals surface area contributed by atoms with Crippen LogP contribution in [0.1, 0.15) is 13.3 Å². The van der Waals surface area contributed by atoms with Crippen molar-refractivity contribution in [2.75, 3.05) is 18.5 Å². The van der Waals surface area contributed by atoms with Crippen molar-refractivity contribution < 1.29 is 10.0 Å². The number of imidazole rings is 1. The summed E-state index contributed by atoms with van der Waals surface area (Å²) in [4.78, 5) is 17.5. The van der Waals surface area contributed by atoms with E-state index in [-0.39, 0.29) is 12.3 Å². The second kappa shape index (κ2) is 5.66. The Labute approximate surface area is 109 Å². The van der Waals surface area contributed by atoms with E-state index >= 15 is 0 Å². The highest BCUT2D eigenvalue weighted by atomic mass is 16.6. The number of anilines is 1. The molecule has 19 heavy (non-hydrogen) atoms. The Morgan fingerprint density at radius 2 is 2.37 bits per heavy atom. The molecule has 0 bridgehead atoms. The Morgan fingerprint density at radius 1 is 1.58 bits per heavy atom. The van der Waals surface area contributed by atoms with Crippen LogP contribution in [0.15, 0.2) is 18.2 Å². The van der Waals surface area contributed by atoms with Gasteiger partial charge in [0.05, 0.1) is 16.0 Å². The molecule has 1 heterocycles. The topological polar surface area (TPSA) is 104 Å². The molecule has 102 valence electrons. The van der Waals surface area contributed by atoms with Crippen molar-refractivity contribution in [2.24, 2.45) is 5.92 Å². The molecule has 0 saturated heterocycles. The lowest BCUT2D eigenvalue weighted by molar-refractivity contribution is -0.384. The zero-order valence-corrected chi connectivity index (χ0v) is 10.6. The first-order valence-electron chi connectivity index (χ1n) is 6.09. The number of nitrogens with one attached hydrogen (secondary N) is 2. The van der Waals surface area contributed by atoms with Gasteiger partial charge in [0.1, 0.15) is 0 Å². The first kappa shape index (κ1) is 13.3. The first-order chi connectivity index (χ1) is 9.10.